The molecule has 1 atom stereocenters. The zero-order valence-electron chi connectivity index (χ0n) is 20.4. The molecule has 0 spiro atoms. The standard InChI is InChI=1S/C25H22ClIN4O5S2/c1-25(2,14-4-6-15(26)7-5-14)21(24(33)36-3)30-22(32)17-9-8-16(27)12-19(17)31-38(34,35)23-18-13-29-37-20(18)10-11-28-23/h4-13,21,31H,1-3H3,(H,30,32)/t21-/m1/s1. The SMILES string of the molecule is COC(=O)[C@@H](NC(=O)c1ccc(I)cc1NS(=O)(=O)c1nccc2sncc12)C(C)(C)c1ccc(Cl)cc1. The Morgan fingerprint density at radius 1 is 1.13 bits per heavy atom. The van der Waals surface area contributed by atoms with E-state index in [1.54, 1.807) is 50.2 Å². The number of nitrogens with zero attached hydrogens (tertiary/aromatic N) is 2. The van der Waals surface area contributed by atoms with Crippen LogP contribution in [-0.2, 0) is 25.0 Å². The Hall–Kier alpha value is -2.81. The number of sulfonamides is 1. The number of benzene rings is 2. The number of nitrogens with one attached hydrogen (secondary N) is 2. The molecule has 0 saturated heterocycles. The number of fused-ring (bicyclic) bond motifs is 1. The van der Waals surface area contributed by atoms with E-state index in [1.165, 1.54) is 31.6 Å². The Bertz CT molecular complexity index is 1620. The molecule has 0 aliphatic carbocycles. The fraction of sp³-hybridized carbons (Fsp3) is 0.200. The molecule has 2 aromatic carbocycles. The summed E-state index contributed by atoms with van der Waals surface area (Å²) in [5.41, 5.74) is -0.110. The molecule has 2 N–H and O–H groups in total. The van der Waals surface area contributed by atoms with Crippen LogP contribution in [0.15, 0.2) is 66.0 Å². The molecular weight excluding hydrogens is 663 g/mol. The Labute approximate surface area is 242 Å². The average molecular weight is 685 g/mol. The van der Waals surface area contributed by atoms with Crippen LogP contribution in [0, 0.1) is 3.57 Å². The third-order valence-corrected chi connectivity index (χ3v) is 9.00. The highest BCUT2D eigenvalue weighted by Gasteiger charge is 2.39. The lowest BCUT2D eigenvalue weighted by molar-refractivity contribution is -0.144. The van der Waals surface area contributed by atoms with Gasteiger partial charge in [-0.3, -0.25) is 9.52 Å². The smallest absolute Gasteiger partial charge is 0.329 e. The number of hydrogen-bond donors (Lipinski definition) is 2. The number of halogens is 2. The van der Waals surface area contributed by atoms with Gasteiger partial charge in [-0.1, -0.05) is 37.6 Å². The van der Waals surface area contributed by atoms with E-state index in [-0.39, 0.29) is 16.3 Å². The van der Waals surface area contributed by atoms with E-state index in [9.17, 15) is 18.0 Å². The van der Waals surface area contributed by atoms with E-state index in [0.717, 1.165) is 17.1 Å². The number of methoxy groups -OCH3 is 1. The number of aromatic nitrogens is 2. The van der Waals surface area contributed by atoms with Crippen LogP contribution in [-0.4, -0.2) is 42.8 Å². The van der Waals surface area contributed by atoms with Gasteiger partial charge in [-0.25, -0.2) is 9.78 Å². The normalized spacial score (nSPS) is 12.7. The number of hydrogen-bond acceptors (Lipinski definition) is 8. The van der Waals surface area contributed by atoms with E-state index in [0.29, 0.717) is 18.7 Å². The molecule has 1 amide bonds. The van der Waals surface area contributed by atoms with Crippen molar-refractivity contribution >= 4 is 83.4 Å². The summed E-state index contributed by atoms with van der Waals surface area (Å²) in [5.74, 6) is -1.33. The van der Waals surface area contributed by atoms with Gasteiger partial charge < -0.3 is 10.1 Å². The number of amides is 1. The number of anilines is 1. The lowest BCUT2D eigenvalue weighted by atomic mass is 9.77. The molecule has 4 rings (SSSR count). The summed E-state index contributed by atoms with van der Waals surface area (Å²) in [5, 5.41) is 3.44. The van der Waals surface area contributed by atoms with Crippen molar-refractivity contribution in [2.24, 2.45) is 0 Å². The monoisotopic (exact) mass is 684 g/mol. The number of carbonyl (C=O) groups excluding carboxylic acids is 2. The van der Waals surface area contributed by atoms with Gasteiger partial charge in [0.25, 0.3) is 15.9 Å². The molecule has 198 valence electrons. The highest BCUT2D eigenvalue weighted by molar-refractivity contribution is 14.1. The third-order valence-electron chi connectivity index (χ3n) is 5.99. The summed E-state index contributed by atoms with van der Waals surface area (Å²) >= 11 is 9.19. The summed E-state index contributed by atoms with van der Waals surface area (Å²) in [4.78, 5) is 30.4. The van der Waals surface area contributed by atoms with Crippen LogP contribution in [0.2, 0.25) is 5.02 Å². The van der Waals surface area contributed by atoms with Crippen LogP contribution in [0.25, 0.3) is 10.1 Å². The van der Waals surface area contributed by atoms with Gasteiger partial charge in [0, 0.05) is 20.2 Å². The Morgan fingerprint density at radius 3 is 2.53 bits per heavy atom. The Balaban J connectivity index is 1.69. The maximum atomic E-state index is 13.5. The van der Waals surface area contributed by atoms with Crippen molar-refractivity contribution in [3.63, 3.8) is 0 Å². The quantitative estimate of drug-likeness (QED) is 0.198. The molecule has 0 fully saturated rings. The minimum atomic E-state index is -4.19. The van der Waals surface area contributed by atoms with Crippen molar-refractivity contribution in [1.82, 2.24) is 14.7 Å². The van der Waals surface area contributed by atoms with Gasteiger partial charge in [0.2, 0.25) is 0 Å². The number of rotatable bonds is 8. The third kappa shape index (κ3) is 5.77. The van der Waals surface area contributed by atoms with Crippen molar-refractivity contribution < 1.29 is 22.7 Å². The van der Waals surface area contributed by atoms with Crippen molar-refractivity contribution in [2.75, 3.05) is 11.8 Å². The molecule has 0 aliphatic rings. The maximum Gasteiger partial charge on any atom is 0.329 e. The Kier molecular flexibility index (Phi) is 8.26. The first-order valence-electron chi connectivity index (χ1n) is 11.1. The fourth-order valence-corrected chi connectivity index (χ4v) is 6.41. The van der Waals surface area contributed by atoms with Crippen molar-refractivity contribution in [3.05, 3.63) is 80.6 Å². The average Bonchev–Trinajstić information content (AvgIpc) is 3.35. The molecule has 38 heavy (non-hydrogen) atoms. The molecule has 0 radical (unpaired) electrons. The van der Waals surface area contributed by atoms with Crippen LogP contribution in [0.5, 0.6) is 0 Å². The van der Waals surface area contributed by atoms with Crippen LogP contribution >= 0.6 is 45.7 Å². The number of carbonyl (C=O) groups is 2. The number of ether oxygens (including phenoxy) is 1. The largest absolute Gasteiger partial charge is 0.467 e. The molecule has 4 aromatic rings. The first kappa shape index (κ1) is 28.2. The van der Waals surface area contributed by atoms with E-state index < -0.39 is 33.4 Å². The van der Waals surface area contributed by atoms with Gasteiger partial charge >= 0.3 is 5.97 Å². The minimum absolute atomic E-state index is 0.0189. The number of pyridine rings is 1. The van der Waals surface area contributed by atoms with Crippen LogP contribution in [0.3, 0.4) is 0 Å². The zero-order valence-corrected chi connectivity index (χ0v) is 24.9. The molecular formula is C25H22ClIN4O5S2. The van der Waals surface area contributed by atoms with Crippen LogP contribution < -0.4 is 10.0 Å². The van der Waals surface area contributed by atoms with Gasteiger partial charge in [0.1, 0.15) is 6.04 Å². The fourth-order valence-electron chi connectivity index (χ4n) is 3.88. The molecule has 13 heteroatoms. The predicted octanol–water partition coefficient (Wildman–Crippen LogP) is 5.00. The first-order valence-corrected chi connectivity index (χ1v) is 14.8. The summed E-state index contributed by atoms with van der Waals surface area (Å²) in [7, 11) is -2.96. The molecule has 0 saturated carbocycles. The van der Waals surface area contributed by atoms with Crippen LogP contribution in [0.1, 0.15) is 29.8 Å². The van der Waals surface area contributed by atoms with Crippen molar-refractivity contribution in [3.8, 4) is 0 Å². The lowest BCUT2D eigenvalue weighted by Gasteiger charge is -2.33. The molecule has 0 unspecified atom stereocenters. The highest BCUT2D eigenvalue weighted by atomic mass is 127. The van der Waals surface area contributed by atoms with E-state index in [4.69, 9.17) is 16.3 Å². The van der Waals surface area contributed by atoms with Crippen molar-refractivity contribution in [1.29, 1.82) is 0 Å². The van der Waals surface area contributed by atoms with Crippen LogP contribution in [0.4, 0.5) is 5.69 Å². The molecule has 0 bridgehead atoms. The second-order valence-corrected chi connectivity index (χ2v) is 12.9. The maximum absolute atomic E-state index is 13.5. The van der Waals surface area contributed by atoms with Crippen molar-refractivity contribution in [2.45, 2.75) is 30.3 Å². The highest BCUT2D eigenvalue weighted by Crippen LogP contribution is 2.31. The summed E-state index contributed by atoms with van der Waals surface area (Å²) < 4.78 is 39.5. The van der Waals surface area contributed by atoms with Gasteiger partial charge in [-0.05, 0) is 76.1 Å². The number of esters is 1. The second kappa shape index (κ2) is 11.1. The van der Waals surface area contributed by atoms with Gasteiger partial charge in [0.15, 0.2) is 5.03 Å². The van der Waals surface area contributed by atoms with Gasteiger partial charge in [0.05, 0.1) is 34.6 Å². The van der Waals surface area contributed by atoms with E-state index >= 15 is 0 Å². The topological polar surface area (TPSA) is 127 Å². The molecule has 9 nitrogen and oxygen atoms in total. The van der Waals surface area contributed by atoms with E-state index in [2.05, 4.69) is 19.4 Å². The van der Waals surface area contributed by atoms with Gasteiger partial charge in [-0.15, -0.1) is 0 Å². The second-order valence-electron chi connectivity index (χ2n) is 8.81. The summed E-state index contributed by atoms with van der Waals surface area (Å²) in [6.45, 7) is 3.58. The minimum Gasteiger partial charge on any atom is -0.467 e. The molecule has 2 heterocycles. The zero-order chi connectivity index (χ0) is 27.7. The van der Waals surface area contributed by atoms with E-state index in [1.807, 2.05) is 22.6 Å². The predicted molar refractivity (Wildman–Crippen MR) is 155 cm³/mol. The first-order chi connectivity index (χ1) is 17.9. The summed E-state index contributed by atoms with van der Waals surface area (Å²) in [6, 6.07) is 12.2. The Morgan fingerprint density at radius 2 is 1.84 bits per heavy atom. The molecule has 2 aromatic heterocycles. The lowest BCUT2D eigenvalue weighted by Crippen LogP contribution is -2.53. The van der Waals surface area contributed by atoms with Gasteiger partial charge in [-0.2, -0.15) is 12.8 Å². The molecule has 0 aliphatic heterocycles. The summed E-state index contributed by atoms with van der Waals surface area (Å²) in [6.07, 6.45) is 2.82.